The topological polar surface area (TPSA) is 176 Å². The lowest BCUT2D eigenvalue weighted by atomic mass is 9.82. The molecule has 14 nitrogen and oxygen atoms in total. The van der Waals surface area contributed by atoms with E-state index in [0.717, 1.165) is 70.8 Å². The number of hydrogen-bond donors (Lipinski definition) is 0. The summed E-state index contributed by atoms with van der Waals surface area (Å²) in [6.45, 7) is 8.62. The lowest BCUT2D eigenvalue weighted by Gasteiger charge is -2.22. The molecule has 16 heteroatoms. The van der Waals surface area contributed by atoms with Gasteiger partial charge in [0, 0.05) is 29.7 Å². The summed E-state index contributed by atoms with van der Waals surface area (Å²) in [4.78, 5) is 71.4. The number of halogens is 2. The van der Waals surface area contributed by atoms with Gasteiger partial charge in [-0.25, -0.2) is 37.5 Å². The summed E-state index contributed by atoms with van der Waals surface area (Å²) in [5.41, 5.74) is 1.40. The molecule has 59 heavy (non-hydrogen) atoms. The maximum atomic E-state index is 14.9. The van der Waals surface area contributed by atoms with Crippen molar-refractivity contribution < 1.29 is 75.4 Å². The van der Waals surface area contributed by atoms with Gasteiger partial charge in [-0.15, -0.1) is 0 Å². The molecular weight excluding hydrogens is 778 g/mol. The molecule has 4 aromatic rings. The van der Waals surface area contributed by atoms with Crippen LogP contribution in [0.2, 0.25) is 0 Å². The van der Waals surface area contributed by atoms with Crippen molar-refractivity contribution in [3.63, 3.8) is 0 Å². The molecule has 0 atom stereocenters. The van der Waals surface area contributed by atoms with Crippen molar-refractivity contribution in [2.75, 3.05) is 13.6 Å². The minimum Gasteiger partial charge on any atom is -0.425 e. The van der Waals surface area contributed by atoms with E-state index in [-0.39, 0.29) is 52.7 Å². The lowest BCUT2D eigenvalue weighted by molar-refractivity contribution is -0.147. The summed E-state index contributed by atoms with van der Waals surface area (Å²) in [6, 6.07) is 15.6. The Bertz CT molecular complexity index is 2090. The Kier molecular flexibility index (Phi) is 17.9. The predicted molar refractivity (Wildman–Crippen MR) is 210 cm³/mol. The molecule has 0 radical (unpaired) electrons. The zero-order valence-electron chi connectivity index (χ0n) is 28.9. The summed E-state index contributed by atoms with van der Waals surface area (Å²) in [5.74, 6) is -6.26. The van der Waals surface area contributed by atoms with Gasteiger partial charge in [0.25, 0.3) is 0 Å². The number of fused-ring (bicyclic) bond motifs is 3. The van der Waals surface area contributed by atoms with Crippen LogP contribution in [0.25, 0.3) is 11.1 Å². The number of hydrogen-bond acceptors (Lipinski definition) is 14. The fourth-order valence-electron chi connectivity index (χ4n) is 5.24. The minimum atomic E-state index is -1.29. The zero-order valence-corrected chi connectivity index (χ0v) is 28.9. The number of ether oxygens (including phenoxy) is 8. The highest BCUT2D eigenvalue weighted by molar-refractivity contribution is 5.93. The third kappa shape index (κ3) is 11.8. The van der Waals surface area contributed by atoms with E-state index in [9.17, 15) is 37.5 Å². The smallest absolute Gasteiger partial charge is 0.425 e. The van der Waals surface area contributed by atoms with Crippen molar-refractivity contribution in [1.29, 1.82) is 0 Å². The Labute approximate surface area is 339 Å². The second-order valence-corrected chi connectivity index (χ2v) is 11.7. The van der Waals surface area contributed by atoms with Gasteiger partial charge < -0.3 is 37.9 Å². The van der Waals surface area contributed by atoms with Crippen molar-refractivity contribution in [2.24, 2.45) is 0 Å². The van der Waals surface area contributed by atoms with Crippen LogP contribution in [0.4, 0.5) is 18.4 Å². The maximum Gasteiger partial charge on any atom is 0.516 e. The predicted octanol–water partition coefficient (Wildman–Crippen LogP) is 9.66. The van der Waals surface area contributed by atoms with Crippen molar-refractivity contribution >= 4 is 36.2 Å². The van der Waals surface area contributed by atoms with Crippen LogP contribution in [-0.2, 0) is 34.0 Å². The van der Waals surface area contributed by atoms with Crippen molar-refractivity contribution in [3.05, 3.63) is 132 Å². The number of benzene rings is 4. The summed E-state index contributed by atoms with van der Waals surface area (Å²) in [5, 5.41) is 0. The molecule has 0 aliphatic heterocycles. The fourth-order valence-corrected chi connectivity index (χ4v) is 5.24. The highest BCUT2D eigenvalue weighted by atomic mass is 19.1. The molecule has 0 fully saturated rings. The first-order valence-electron chi connectivity index (χ1n) is 15.8. The van der Waals surface area contributed by atoms with E-state index in [2.05, 4.69) is 32.1 Å². The molecule has 5 rings (SSSR count). The average molecular weight is 823 g/mol. The summed E-state index contributed by atoms with van der Waals surface area (Å²) in [7, 11) is 0. The minimum absolute atomic E-state index is 0. The molecule has 0 bridgehead atoms. The molecule has 0 heterocycles. The van der Waals surface area contributed by atoms with Crippen LogP contribution < -0.4 is 18.9 Å². The van der Waals surface area contributed by atoms with Crippen LogP contribution in [-0.4, -0.2) is 49.8 Å². The van der Waals surface area contributed by atoms with Gasteiger partial charge in [-0.1, -0.05) is 68.8 Å². The SMILES string of the molecule is C.C.C.C.C=CC(=O)OCOC(=O)Oc1ccc(C(=O)Oc2ccc3c(c2)C(C)(C)c2cc(OC(=O)c4ccc(OC(=O)OCOC(=O)C=C)cc4F)ccc2-3)c(F)c1. The number of esters is 4. The Morgan fingerprint density at radius 2 is 0.864 bits per heavy atom. The van der Waals surface area contributed by atoms with Crippen LogP contribution in [0.3, 0.4) is 0 Å². The summed E-state index contributed by atoms with van der Waals surface area (Å²) < 4.78 is 68.3. The molecule has 0 saturated carbocycles. The van der Waals surface area contributed by atoms with E-state index in [1.165, 1.54) is 12.1 Å². The molecule has 1 aliphatic rings. The summed E-state index contributed by atoms with van der Waals surface area (Å²) >= 11 is 0. The molecule has 0 N–H and O–H groups in total. The van der Waals surface area contributed by atoms with E-state index >= 15 is 0 Å². The molecule has 0 unspecified atom stereocenters. The van der Waals surface area contributed by atoms with Crippen molar-refractivity contribution in [1.82, 2.24) is 0 Å². The van der Waals surface area contributed by atoms with E-state index in [0.29, 0.717) is 0 Å². The fraction of sp³-hybridized carbons (Fsp3) is 0.209. The van der Waals surface area contributed by atoms with Gasteiger partial charge in [0.05, 0.1) is 11.1 Å². The maximum absolute atomic E-state index is 14.9. The van der Waals surface area contributed by atoms with Crippen LogP contribution >= 0.6 is 0 Å². The van der Waals surface area contributed by atoms with Gasteiger partial charge in [0.2, 0.25) is 13.6 Å². The van der Waals surface area contributed by atoms with E-state index in [1.807, 2.05) is 13.8 Å². The van der Waals surface area contributed by atoms with Gasteiger partial charge in [-0.2, -0.15) is 0 Å². The standard InChI is InChI=1S/C39H28F2O14.4CH4/c1-5-33(42)48-19-50-37(46)54-23-9-13-27(31(40)17-23)35(44)52-21-7-11-25-26-12-8-22(16-30(26)39(3,4)29(25)15-21)53-36(45)28-14-10-24(18-32(28)41)55-38(47)51-20-49-34(43)6-2;;;;/h5-18H,1-2,19-20H2,3-4H3;4*1H4. The molecule has 4 aromatic carbocycles. The van der Waals surface area contributed by atoms with Crippen LogP contribution in [0.1, 0.15) is 75.4 Å². The van der Waals surface area contributed by atoms with Gasteiger partial charge >= 0.3 is 36.2 Å². The average Bonchev–Trinajstić information content (AvgIpc) is 3.36. The second kappa shape index (κ2) is 21.2. The number of carbonyl (C=O) groups excluding carboxylic acids is 6. The number of carbonyl (C=O) groups is 6. The third-order valence-corrected chi connectivity index (χ3v) is 7.85. The molecular formula is C43H44F2O14. The van der Waals surface area contributed by atoms with Gasteiger partial charge in [0.1, 0.15) is 34.6 Å². The highest BCUT2D eigenvalue weighted by Gasteiger charge is 2.36. The van der Waals surface area contributed by atoms with Gasteiger partial charge in [-0.05, 0) is 70.8 Å². The molecule has 1 aliphatic carbocycles. The third-order valence-electron chi connectivity index (χ3n) is 7.85. The number of rotatable bonds is 12. The van der Waals surface area contributed by atoms with Crippen LogP contribution in [0, 0.1) is 11.6 Å². The first kappa shape index (κ1) is 49.7. The largest absolute Gasteiger partial charge is 0.516 e. The molecule has 0 saturated heterocycles. The monoisotopic (exact) mass is 822 g/mol. The summed E-state index contributed by atoms with van der Waals surface area (Å²) in [6.07, 6.45) is -0.866. The van der Waals surface area contributed by atoms with Crippen LogP contribution in [0.15, 0.2) is 98.1 Å². The molecule has 314 valence electrons. The lowest BCUT2D eigenvalue weighted by Crippen LogP contribution is -2.17. The van der Waals surface area contributed by atoms with E-state index in [1.54, 1.807) is 24.3 Å². The highest BCUT2D eigenvalue weighted by Crippen LogP contribution is 2.50. The van der Waals surface area contributed by atoms with Crippen LogP contribution in [0.5, 0.6) is 23.0 Å². The van der Waals surface area contributed by atoms with Gasteiger partial charge in [-0.3, -0.25) is 0 Å². The molecule has 0 amide bonds. The molecule has 0 spiro atoms. The normalized spacial score (nSPS) is 11.0. The first-order chi connectivity index (χ1) is 26.2. The second-order valence-electron chi connectivity index (χ2n) is 11.7. The quantitative estimate of drug-likeness (QED) is 0.0434. The Morgan fingerprint density at radius 3 is 1.20 bits per heavy atom. The van der Waals surface area contributed by atoms with Crippen molar-refractivity contribution in [3.8, 4) is 34.1 Å². The van der Waals surface area contributed by atoms with Crippen molar-refractivity contribution in [2.45, 2.75) is 49.0 Å². The van der Waals surface area contributed by atoms with Gasteiger partial charge in [0.15, 0.2) is 0 Å². The first-order valence-corrected chi connectivity index (χ1v) is 15.8. The van der Waals surface area contributed by atoms with E-state index < -0.39 is 78.0 Å². The molecule has 0 aromatic heterocycles. The van der Waals surface area contributed by atoms with E-state index in [4.69, 9.17) is 18.9 Å². The Hall–Kier alpha value is -7.36. The Balaban J connectivity index is 0.00000435. The Morgan fingerprint density at radius 1 is 0.525 bits per heavy atom. The zero-order chi connectivity index (χ0) is 39.9.